The van der Waals surface area contributed by atoms with Gasteiger partial charge in [0.25, 0.3) is 0 Å². The summed E-state index contributed by atoms with van der Waals surface area (Å²) in [5.74, 6) is 1.15. The highest BCUT2D eigenvalue weighted by Gasteiger charge is 2.71. The molecule has 5 nitrogen and oxygen atoms in total. The van der Waals surface area contributed by atoms with Crippen LogP contribution in [0, 0.1) is 16.8 Å². The van der Waals surface area contributed by atoms with E-state index < -0.39 is 0 Å². The average molecular weight is 327 g/mol. The highest BCUT2D eigenvalue weighted by atomic mass is 32.1. The molecule has 0 aromatic carbocycles. The first-order valence-corrected chi connectivity index (χ1v) is 8.74. The van der Waals surface area contributed by atoms with Gasteiger partial charge in [-0.2, -0.15) is 0 Å². The SMILES string of the molecule is C=CC(=O)NCc1nc(C23CC(C(C)C)(C2)C3)c2[n+]#csc2n1. The molecular formula is C17H19N4OS+. The van der Waals surface area contributed by atoms with Crippen LogP contribution in [-0.4, -0.2) is 15.9 Å². The van der Waals surface area contributed by atoms with Crippen molar-refractivity contribution in [2.75, 3.05) is 0 Å². The summed E-state index contributed by atoms with van der Waals surface area (Å²) in [6.45, 7) is 8.40. The van der Waals surface area contributed by atoms with E-state index in [2.05, 4.69) is 41.2 Å². The Labute approximate surface area is 139 Å². The van der Waals surface area contributed by atoms with Crippen molar-refractivity contribution >= 4 is 27.6 Å². The van der Waals surface area contributed by atoms with E-state index in [1.165, 1.54) is 36.7 Å². The summed E-state index contributed by atoms with van der Waals surface area (Å²) in [5.41, 5.74) is 5.57. The van der Waals surface area contributed by atoms with E-state index in [0.29, 0.717) is 17.8 Å². The summed E-state index contributed by atoms with van der Waals surface area (Å²) < 4.78 is 0. The van der Waals surface area contributed by atoms with Gasteiger partial charge in [-0.15, -0.1) is 0 Å². The first-order chi connectivity index (χ1) is 11.0. The van der Waals surface area contributed by atoms with Crippen molar-refractivity contribution in [2.24, 2.45) is 11.3 Å². The zero-order valence-corrected chi connectivity index (χ0v) is 14.2. The van der Waals surface area contributed by atoms with E-state index in [-0.39, 0.29) is 11.3 Å². The van der Waals surface area contributed by atoms with Crippen molar-refractivity contribution in [3.05, 3.63) is 29.7 Å². The Kier molecular flexibility index (Phi) is 3.01. The third-order valence-electron chi connectivity index (χ3n) is 5.60. The molecule has 3 aliphatic carbocycles. The minimum Gasteiger partial charge on any atom is -0.345 e. The minimum atomic E-state index is -0.213. The Balaban J connectivity index is 1.66. The molecule has 0 unspecified atom stereocenters. The van der Waals surface area contributed by atoms with E-state index in [4.69, 9.17) is 4.98 Å². The normalized spacial score (nSPS) is 28.0. The Morgan fingerprint density at radius 3 is 2.87 bits per heavy atom. The number of rotatable bonds is 5. The van der Waals surface area contributed by atoms with Crippen LogP contribution in [0.3, 0.4) is 0 Å². The van der Waals surface area contributed by atoms with E-state index in [0.717, 1.165) is 22.0 Å². The monoisotopic (exact) mass is 327 g/mol. The van der Waals surface area contributed by atoms with Crippen LogP contribution >= 0.6 is 11.3 Å². The van der Waals surface area contributed by atoms with Gasteiger partial charge >= 0.3 is 11.0 Å². The summed E-state index contributed by atoms with van der Waals surface area (Å²) >= 11 is 1.41. The fourth-order valence-corrected chi connectivity index (χ4v) is 4.79. The van der Waals surface area contributed by atoms with Crippen LogP contribution in [0.2, 0.25) is 0 Å². The Morgan fingerprint density at radius 2 is 2.22 bits per heavy atom. The van der Waals surface area contributed by atoms with Crippen molar-refractivity contribution in [3.63, 3.8) is 0 Å². The van der Waals surface area contributed by atoms with Crippen molar-refractivity contribution in [1.82, 2.24) is 15.3 Å². The highest BCUT2D eigenvalue weighted by molar-refractivity contribution is 7.15. The molecular weight excluding hydrogens is 308 g/mol. The minimum absolute atomic E-state index is 0.171. The lowest BCUT2D eigenvalue weighted by Crippen LogP contribution is -2.67. The largest absolute Gasteiger partial charge is 0.399 e. The fourth-order valence-electron chi connectivity index (χ4n) is 4.18. The third-order valence-corrected chi connectivity index (χ3v) is 6.26. The third kappa shape index (κ3) is 1.99. The molecule has 3 aliphatic rings. The second kappa shape index (κ2) is 4.75. The van der Waals surface area contributed by atoms with Gasteiger partial charge in [-0.25, -0.2) is 9.97 Å². The van der Waals surface area contributed by atoms with E-state index in [1.54, 1.807) is 0 Å². The molecule has 0 aliphatic heterocycles. The average Bonchev–Trinajstić information content (AvgIpc) is 2.89. The lowest BCUT2D eigenvalue weighted by molar-refractivity contribution is -0.259. The highest BCUT2D eigenvalue weighted by Crippen LogP contribution is 2.76. The Bertz CT molecular complexity index is 790. The number of fused-ring (bicyclic) bond motifs is 1. The molecule has 1 amide bonds. The molecule has 3 fully saturated rings. The van der Waals surface area contributed by atoms with Gasteiger partial charge in [-0.3, -0.25) is 4.79 Å². The quantitative estimate of drug-likeness (QED) is 0.853. The molecule has 2 bridgehead atoms. The van der Waals surface area contributed by atoms with Crippen molar-refractivity contribution < 1.29 is 9.78 Å². The predicted molar refractivity (Wildman–Crippen MR) is 86.7 cm³/mol. The van der Waals surface area contributed by atoms with Gasteiger partial charge in [0.15, 0.2) is 0 Å². The topological polar surface area (TPSA) is 69.0 Å². The lowest BCUT2D eigenvalue weighted by atomic mass is 9.31. The lowest BCUT2D eigenvalue weighted by Gasteiger charge is -2.72. The number of aromatic nitrogens is 3. The molecule has 5 rings (SSSR count). The van der Waals surface area contributed by atoms with Crippen LogP contribution in [0.5, 0.6) is 0 Å². The molecule has 0 spiro atoms. The molecule has 0 radical (unpaired) electrons. The van der Waals surface area contributed by atoms with Gasteiger partial charge < -0.3 is 5.32 Å². The summed E-state index contributed by atoms with van der Waals surface area (Å²) in [6, 6.07) is 0. The van der Waals surface area contributed by atoms with E-state index in [1.807, 2.05) is 0 Å². The standard InChI is InChI=1S/C17H18N4OS/c1-4-12(22)18-5-11-20-14(13-15(21-11)23-9-19-13)17-6-16(7-17,8-17)10(2)3/h4,10H,1,5-8H2,2-3H3/p+1. The summed E-state index contributed by atoms with van der Waals surface area (Å²) in [6.07, 6.45) is 4.84. The Morgan fingerprint density at radius 1 is 1.48 bits per heavy atom. The number of nitrogens with zero attached hydrogens (tertiary/aromatic N) is 3. The summed E-state index contributed by atoms with van der Waals surface area (Å²) in [7, 11) is 0. The first-order valence-electron chi connectivity index (χ1n) is 7.92. The van der Waals surface area contributed by atoms with Gasteiger partial charge in [0.2, 0.25) is 10.7 Å². The maximum absolute atomic E-state index is 11.4. The molecule has 118 valence electrons. The zero-order valence-electron chi connectivity index (χ0n) is 13.3. The molecule has 23 heavy (non-hydrogen) atoms. The van der Waals surface area contributed by atoms with Gasteiger partial charge in [0, 0.05) is 16.8 Å². The molecule has 2 aromatic rings. The molecule has 0 atom stereocenters. The number of nitrogens with one attached hydrogen (secondary N) is 1. The van der Waals surface area contributed by atoms with Gasteiger partial charge in [-0.1, -0.05) is 20.4 Å². The van der Waals surface area contributed by atoms with E-state index in [9.17, 15) is 4.79 Å². The van der Waals surface area contributed by atoms with Crippen molar-refractivity contribution in [2.45, 2.75) is 45.1 Å². The van der Waals surface area contributed by atoms with Crippen LogP contribution < -0.4 is 10.3 Å². The molecule has 0 saturated heterocycles. The van der Waals surface area contributed by atoms with Crippen molar-refractivity contribution in [1.29, 1.82) is 0 Å². The molecule has 1 N–H and O–H groups in total. The van der Waals surface area contributed by atoms with Crippen LogP contribution in [0.1, 0.15) is 44.6 Å². The molecule has 3 saturated carbocycles. The number of hydrogen-bond acceptors (Lipinski definition) is 4. The fraction of sp³-hybridized carbons (Fsp3) is 0.529. The molecule has 2 heterocycles. The maximum Gasteiger partial charge on any atom is 0.399 e. The number of carbonyl (C=O) groups is 1. The second-order valence-corrected chi connectivity index (χ2v) is 7.97. The summed E-state index contributed by atoms with van der Waals surface area (Å²) in [4.78, 5) is 25.9. The predicted octanol–water partition coefficient (Wildman–Crippen LogP) is 1.97. The first kappa shape index (κ1) is 14.6. The number of amides is 1. The van der Waals surface area contributed by atoms with Gasteiger partial charge in [0.1, 0.15) is 11.5 Å². The molecule has 6 heteroatoms. The smallest absolute Gasteiger partial charge is 0.345 e. The van der Waals surface area contributed by atoms with Crippen LogP contribution in [0.25, 0.3) is 10.3 Å². The van der Waals surface area contributed by atoms with Crippen LogP contribution in [-0.2, 0) is 16.8 Å². The molecule has 2 aromatic heterocycles. The number of hydrogen-bond donors (Lipinski definition) is 1. The van der Waals surface area contributed by atoms with Crippen LogP contribution in [0.15, 0.2) is 12.7 Å². The van der Waals surface area contributed by atoms with Gasteiger partial charge in [0.05, 0.1) is 6.54 Å². The van der Waals surface area contributed by atoms with Crippen molar-refractivity contribution in [3.8, 4) is 0 Å². The summed E-state index contributed by atoms with van der Waals surface area (Å²) in [5, 5.41) is 2.75. The van der Waals surface area contributed by atoms with Crippen LogP contribution in [0.4, 0.5) is 0 Å². The second-order valence-electron chi connectivity index (χ2n) is 7.20. The maximum atomic E-state index is 11.4. The van der Waals surface area contributed by atoms with Gasteiger partial charge in [-0.05, 0) is 41.7 Å². The Hall–Kier alpha value is -2.00. The number of carbonyl (C=O) groups excluding carboxylic acids is 1. The zero-order chi connectivity index (χ0) is 16.2. The van der Waals surface area contributed by atoms with E-state index >= 15 is 0 Å².